The van der Waals surface area contributed by atoms with Crippen LogP contribution in [0, 0.1) is 11.7 Å². The molecule has 1 aliphatic rings. The lowest BCUT2D eigenvalue weighted by molar-refractivity contribution is -0.137. The predicted molar refractivity (Wildman–Crippen MR) is 70.0 cm³/mol. The van der Waals surface area contributed by atoms with Crippen LogP contribution in [0.2, 0.25) is 0 Å². The van der Waals surface area contributed by atoms with Crippen LogP contribution in [0.1, 0.15) is 30.7 Å². The Morgan fingerprint density at radius 1 is 1.63 bits per heavy atom. The average Bonchev–Trinajstić information content (AvgIpc) is 3.16. The van der Waals surface area contributed by atoms with Crippen LogP contribution in [0.25, 0.3) is 0 Å². The van der Waals surface area contributed by atoms with Crippen molar-refractivity contribution in [1.29, 1.82) is 0 Å². The second kappa shape index (κ2) is 5.36. The standard InChI is InChI=1S/C13H14BrFO4/c1-19-13-11(15)9(14)4-8(12(13)18)7(5-10(16)17)6-2-3-6/h4,6-7,18H,2-3,5H2,1H3,(H,16,17). The monoisotopic (exact) mass is 332 g/mol. The number of carboxylic acid groups (broad SMARTS) is 1. The molecule has 2 rings (SSSR count). The number of carboxylic acids is 1. The SMILES string of the molecule is COc1c(O)c(C(CC(=O)O)C2CC2)cc(Br)c1F. The number of hydrogen-bond acceptors (Lipinski definition) is 3. The number of phenolic OH excluding ortho intramolecular Hbond substituents is 1. The number of aliphatic carboxylic acids is 1. The highest BCUT2D eigenvalue weighted by atomic mass is 79.9. The van der Waals surface area contributed by atoms with E-state index in [1.165, 1.54) is 13.2 Å². The van der Waals surface area contributed by atoms with Crippen molar-refractivity contribution in [2.24, 2.45) is 5.92 Å². The molecule has 0 saturated heterocycles. The number of aromatic hydroxyl groups is 1. The Balaban J connectivity index is 2.47. The van der Waals surface area contributed by atoms with E-state index in [1.807, 2.05) is 0 Å². The molecule has 1 aliphatic carbocycles. The van der Waals surface area contributed by atoms with Gasteiger partial charge in [0.1, 0.15) is 0 Å². The Morgan fingerprint density at radius 2 is 2.26 bits per heavy atom. The van der Waals surface area contributed by atoms with E-state index in [4.69, 9.17) is 9.84 Å². The second-order valence-corrected chi connectivity index (χ2v) is 5.54. The molecule has 6 heteroatoms. The fourth-order valence-electron chi connectivity index (χ4n) is 2.30. The van der Waals surface area contributed by atoms with Gasteiger partial charge in [0.25, 0.3) is 0 Å². The number of carbonyl (C=O) groups is 1. The van der Waals surface area contributed by atoms with Crippen molar-refractivity contribution in [3.8, 4) is 11.5 Å². The summed E-state index contributed by atoms with van der Waals surface area (Å²) in [6.45, 7) is 0. The summed E-state index contributed by atoms with van der Waals surface area (Å²) in [7, 11) is 1.26. The van der Waals surface area contributed by atoms with Crippen LogP contribution in [0.3, 0.4) is 0 Å². The lowest BCUT2D eigenvalue weighted by Crippen LogP contribution is -2.09. The van der Waals surface area contributed by atoms with E-state index in [-0.39, 0.29) is 34.2 Å². The van der Waals surface area contributed by atoms with Crippen molar-refractivity contribution in [3.05, 3.63) is 21.9 Å². The summed E-state index contributed by atoms with van der Waals surface area (Å²) in [6, 6.07) is 1.44. The van der Waals surface area contributed by atoms with Gasteiger partial charge in [0.15, 0.2) is 17.3 Å². The third-order valence-corrected chi connectivity index (χ3v) is 3.95. The van der Waals surface area contributed by atoms with Gasteiger partial charge in [-0.05, 0) is 40.8 Å². The lowest BCUT2D eigenvalue weighted by atomic mass is 9.90. The maximum Gasteiger partial charge on any atom is 0.303 e. The average molecular weight is 333 g/mol. The van der Waals surface area contributed by atoms with Crippen LogP contribution >= 0.6 is 15.9 Å². The summed E-state index contributed by atoms with van der Waals surface area (Å²) in [5.74, 6) is -2.27. The molecule has 1 aromatic carbocycles. The smallest absolute Gasteiger partial charge is 0.303 e. The van der Waals surface area contributed by atoms with Crippen LogP contribution in [0.15, 0.2) is 10.5 Å². The molecular weight excluding hydrogens is 319 g/mol. The molecule has 0 bridgehead atoms. The van der Waals surface area contributed by atoms with Crippen molar-refractivity contribution in [2.75, 3.05) is 7.11 Å². The molecule has 0 heterocycles. The van der Waals surface area contributed by atoms with Gasteiger partial charge in [0.2, 0.25) is 0 Å². The summed E-state index contributed by atoms with van der Waals surface area (Å²) < 4.78 is 18.7. The maximum atomic E-state index is 13.7. The Morgan fingerprint density at radius 3 is 2.74 bits per heavy atom. The highest BCUT2D eigenvalue weighted by molar-refractivity contribution is 9.10. The maximum absolute atomic E-state index is 13.7. The number of hydrogen-bond donors (Lipinski definition) is 2. The van der Waals surface area contributed by atoms with Gasteiger partial charge < -0.3 is 14.9 Å². The van der Waals surface area contributed by atoms with Crippen molar-refractivity contribution < 1.29 is 24.1 Å². The number of benzene rings is 1. The molecule has 0 radical (unpaired) electrons. The van der Waals surface area contributed by atoms with E-state index in [0.29, 0.717) is 5.56 Å². The van der Waals surface area contributed by atoms with Crippen LogP contribution in [0.4, 0.5) is 4.39 Å². The van der Waals surface area contributed by atoms with Gasteiger partial charge in [-0.2, -0.15) is 0 Å². The Kier molecular flexibility index (Phi) is 3.99. The Bertz CT molecular complexity index is 514. The highest BCUT2D eigenvalue weighted by Crippen LogP contribution is 2.50. The third-order valence-electron chi connectivity index (χ3n) is 3.37. The number of halogens is 2. The van der Waals surface area contributed by atoms with Crippen LogP contribution < -0.4 is 4.74 Å². The molecule has 1 saturated carbocycles. The topological polar surface area (TPSA) is 66.8 Å². The zero-order valence-electron chi connectivity index (χ0n) is 10.3. The summed E-state index contributed by atoms with van der Waals surface area (Å²) >= 11 is 3.06. The molecule has 0 amide bonds. The summed E-state index contributed by atoms with van der Waals surface area (Å²) in [6.07, 6.45) is 1.77. The van der Waals surface area contributed by atoms with E-state index in [9.17, 15) is 14.3 Å². The quantitative estimate of drug-likeness (QED) is 0.868. The summed E-state index contributed by atoms with van der Waals surface area (Å²) in [4.78, 5) is 10.9. The van der Waals surface area contributed by atoms with Crippen molar-refractivity contribution in [3.63, 3.8) is 0 Å². The van der Waals surface area contributed by atoms with Gasteiger partial charge in [0.05, 0.1) is 18.0 Å². The molecule has 1 unspecified atom stereocenters. The van der Waals surface area contributed by atoms with Gasteiger partial charge in [0, 0.05) is 11.5 Å². The molecule has 19 heavy (non-hydrogen) atoms. The summed E-state index contributed by atoms with van der Waals surface area (Å²) in [5, 5.41) is 19.0. The molecule has 4 nitrogen and oxygen atoms in total. The van der Waals surface area contributed by atoms with E-state index in [1.54, 1.807) is 0 Å². The number of ether oxygens (including phenoxy) is 1. The zero-order chi connectivity index (χ0) is 14.2. The van der Waals surface area contributed by atoms with Gasteiger partial charge in [-0.1, -0.05) is 0 Å². The first-order valence-corrected chi connectivity index (χ1v) is 6.71. The van der Waals surface area contributed by atoms with Crippen LogP contribution in [-0.4, -0.2) is 23.3 Å². The van der Waals surface area contributed by atoms with Gasteiger partial charge in [-0.25, -0.2) is 4.39 Å². The molecule has 2 N–H and O–H groups in total. The first kappa shape index (κ1) is 14.1. The molecule has 1 aromatic rings. The zero-order valence-corrected chi connectivity index (χ0v) is 11.9. The second-order valence-electron chi connectivity index (χ2n) is 4.69. The molecule has 0 spiro atoms. The minimum absolute atomic E-state index is 0.0839. The largest absolute Gasteiger partial charge is 0.504 e. The molecule has 1 fully saturated rings. The van der Waals surface area contributed by atoms with Crippen LogP contribution in [0.5, 0.6) is 11.5 Å². The molecule has 104 valence electrons. The minimum Gasteiger partial charge on any atom is -0.504 e. The van der Waals surface area contributed by atoms with Gasteiger partial charge in [-0.15, -0.1) is 0 Å². The van der Waals surface area contributed by atoms with Gasteiger partial charge in [-0.3, -0.25) is 4.79 Å². The number of rotatable bonds is 5. The fraction of sp³-hybridized carbons (Fsp3) is 0.462. The van der Waals surface area contributed by atoms with Gasteiger partial charge >= 0.3 is 5.97 Å². The Hall–Kier alpha value is -1.30. The first-order valence-electron chi connectivity index (χ1n) is 5.92. The van der Waals surface area contributed by atoms with E-state index in [2.05, 4.69) is 15.9 Å². The highest BCUT2D eigenvalue weighted by Gasteiger charge is 2.36. The molecule has 1 atom stereocenters. The van der Waals surface area contributed by atoms with Crippen molar-refractivity contribution >= 4 is 21.9 Å². The molecular formula is C13H14BrFO4. The number of phenols is 1. The van der Waals surface area contributed by atoms with Crippen molar-refractivity contribution in [1.82, 2.24) is 0 Å². The minimum atomic E-state index is -0.935. The summed E-state index contributed by atoms with van der Waals surface area (Å²) in [5.41, 5.74) is 0.426. The number of methoxy groups -OCH3 is 1. The van der Waals surface area contributed by atoms with E-state index >= 15 is 0 Å². The van der Waals surface area contributed by atoms with Crippen LogP contribution in [-0.2, 0) is 4.79 Å². The lowest BCUT2D eigenvalue weighted by Gasteiger charge is -2.18. The predicted octanol–water partition coefficient (Wildman–Crippen LogP) is 3.27. The van der Waals surface area contributed by atoms with E-state index in [0.717, 1.165) is 12.8 Å². The first-order chi connectivity index (χ1) is 8.95. The van der Waals surface area contributed by atoms with Crippen molar-refractivity contribution in [2.45, 2.75) is 25.2 Å². The molecule has 0 aromatic heterocycles. The fourth-order valence-corrected chi connectivity index (χ4v) is 2.72. The molecule has 0 aliphatic heterocycles. The normalized spacial score (nSPS) is 16.2. The third kappa shape index (κ3) is 2.83. The van der Waals surface area contributed by atoms with E-state index < -0.39 is 11.8 Å². The Labute approximate surface area is 118 Å².